The minimum Gasteiger partial charge on any atom is -0.346 e. The number of rotatable bonds is 2. The highest BCUT2D eigenvalue weighted by molar-refractivity contribution is 5.88. The second-order valence-corrected chi connectivity index (χ2v) is 2.50. The summed E-state index contributed by atoms with van der Waals surface area (Å²) in [5.74, 6) is -0.815. The molecule has 0 bridgehead atoms. The number of nitrogens with zero attached hydrogens (tertiary/aromatic N) is 2. The highest BCUT2D eigenvalue weighted by Gasteiger charge is 2.19. The zero-order valence-corrected chi connectivity index (χ0v) is 7.29. The van der Waals surface area contributed by atoms with E-state index in [1.807, 2.05) is 0 Å². The third-order valence-electron chi connectivity index (χ3n) is 1.16. The molecule has 2 amide bonds. The standard InChI is InChI=1S/C7H11N3O2/c1-5(11)9-6(4-8)7(12)10(2)3/h6H,1-3H3,(H,9,11). The molecule has 0 aliphatic rings. The Morgan fingerprint density at radius 3 is 2.25 bits per heavy atom. The van der Waals surface area contributed by atoms with Crippen LogP contribution in [0.5, 0.6) is 0 Å². The zero-order valence-electron chi connectivity index (χ0n) is 7.29. The van der Waals surface area contributed by atoms with Crippen LogP contribution < -0.4 is 5.32 Å². The molecular weight excluding hydrogens is 158 g/mol. The van der Waals surface area contributed by atoms with Crippen molar-refractivity contribution in [2.45, 2.75) is 13.0 Å². The molecule has 5 nitrogen and oxygen atoms in total. The summed E-state index contributed by atoms with van der Waals surface area (Å²) in [5, 5.41) is 10.7. The Morgan fingerprint density at radius 1 is 1.50 bits per heavy atom. The molecule has 0 fully saturated rings. The number of carbonyl (C=O) groups excluding carboxylic acids is 2. The summed E-state index contributed by atoms with van der Waals surface area (Å²) >= 11 is 0. The van der Waals surface area contributed by atoms with E-state index in [2.05, 4.69) is 5.32 Å². The van der Waals surface area contributed by atoms with Gasteiger partial charge in [-0.2, -0.15) is 5.26 Å². The van der Waals surface area contributed by atoms with E-state index in [0.717, 1.165) is 0 Å². The lowest BCUT2D eigenvalue weighted by atomic mass is 10.3. The number of hydrogen-bond donors (Lipinski definition) is 1. The first kappa shape index (κ1) is 10.4. The van der Waals surface area contributed by atoms with Crippen molar-refractivity contribution in [1.82, 2.24) is 10.2 Å². The van der Waals surface area contributed by atoms with Gasteiger partial charge in [-0.1, -0.05) is 0 Å². The zero-order chi connectivity index (χ0) is 9.72. The van der Waals surface area contributed by atoms with Crippen molar-refractivity contribution in [3.8, 4) is 6.07 Å². The molecule has 5 heteroatoms. The van der Waals surface area contributed by atoms with Gasteiger partial charge in [0.25, 0.3) is 5.91 Å². The van der Waals surface area contributed by atoms with Crippen LogP contribution in [0.4, 0.5) is 0 Å². The molecule has 0 aromatic carbocycles. The van der Waals surface area contributed by atoms with Crippen LogP contribution in [0.25, 0.3) is 0 Å². The van der Waals surface area contributed by atoms with Gasteiger partial charge in [-0.05, 0) is 0 Å². The number of nitrogens with one attached hydrogen (secondary N) is 1. The molecule has 0 saturated carbocycles. The van der Waals surface area contributed by atoms with Crippen LogP contribution in [0, 0.1) is 11.3 Å². The summed E-state index contributed by atoms with van der Waals surface area (Å²) in [6, 6.07) is 0.620. The Morgan fingerprint density at radius 2 is 2.00 bits per heavy atom. The van der Waals surface area contributed by atoms with E-state index >= 15 is 0 Å². The fraction of sp³-hybridized carbons (Fsp3) is 0.571. The maximum atomic E-state index is 11.1. The summed E-state index contributed by atoms with van der Waals surface area (Å²) in [5.41, 5.74) is 0. The lowest BCUT2D eigenvalue weighted by molar-refractivity contribution is -0.132. The number of hydrogen-bond acceptors (Lipinski definition) is 3. The van der Waals surface area contributed by atoms with Crippen LogP contribution in [0.1, 0.15) is 6.92 Å². The van der Waals surface area contributed by atoms with Gasteiger partial charge >= 0.3 is 0 Å². The number of nitriles is 1. The van der Waals surface area contributed by atoms with Gasteiger partial charge in [0.2, 0.25) is 5.91 Å². The molecule has 12 heavy (non-hydrogen) atoms. The van der Waals surface area contributed by atoms with Crippen molar-refractivity contribution >= 4 is 11.8 Å². The lowest BCUT2D eigenvalue weighted by Crippen LogP contribution is -2.44. The van der Waals surface area contributed by atoms with Gasteiger partial charge in [0.05, 0.1) is 6.07 Å². The highest BCUT2D eigenvalue weighted by atomic mass is 16.2. The largest absolute Gasteiger partial charge is 0.346 e. The Bertz CT molecular complexity index is 229. The quantitative estimate of drug-likeness (QED) is 0.582. The topological polar surface area (TPSA) is 73.2 Å². The van der Waals surface area contributed by atoms with Crippen LogP contribution in [-0.4, -0.2) is 36.9 Å². The van der Waals surface area contributed by atoms with E-state index in [-0.39, 0.29) is 0 Å². The second-order valence-electron chi connectivity index (χ2n) is 2.50. The van der Waals surface area contributed by atoms with E-state index in [0.29, 0.717) is 0 Å². The smallest absolute Gasteiger partial charge is 0.259 e. The van der Waals surface area contributed by atoms with Gasteiger partial charge in [0.15, 0.2) is 6.04 Å². The third kappa shape index (κ3) is 3.01. The molecule has 0 heterocycles. The highest BCUT2D eigenvalue weighted by Crippen LogP contribution is 1.87. The molecule has 0 aromatic rings. The number of carbonyl (C=O) groups is 2. The van der Waals surface area contributed by atoms with Crippen molar-refractivity contribution in [2.24, 2.45) is 0 Å². The van der Waals surface area contributed by atoms with Crippen molar-refractivity contribution in [2.75, 3.05) is 14.1 Å². The van der Waals surface area contributed by atoms with E-state index < -0.39 is 17.9 Å². The molecular formula is C7H11N3O2. The predicted octanol–water partition coefficient (Wildman–Crippen LogP) is -0.897. The van der Waals surface area contributed by atoms with Crippen molar-refractivity contribution in [1.29, 1.82) is 5.26 Å². The molecule has 0 radical (unpaired) electrons. The SMILES string of the molecule is CC(=O)NC(C#N)C(=O)N(C)C. The van der Waals surface area contributed by atoms with Gasteiger partial charge in [-0.25, -0.2) is 0 Å². The van der Waals surface area contributed by atoms with Crippen molar-refractivity contribution in [3.05, 3.63) is 0 Å². The second kappa shape index (κ2) is 4.34. The normalized spacial score (nSPS) is 11.2. The van der Waals surface area contributed by atoms with Crippen molar-refractivity contribution in [3.63, 3.8) is 0 Å². The molecule has 0 aliphatic carbocycles. The average Bonchev–Trinajstić information content (AvgIpc) is 1.98. The summed E-state index contributed by atoms with van der Waals surface area (Å²) in [7, 11) is 3.04. The Labute approximate surface area is 71.0 Å². The minimum absolute atomic E-state index is 0.392. The van der Waals surface area contributed by atoms with Gasteiger partial charge in [0.1, 0.15) is 0 Å². The van der Waals surface area contributed by atoms with Crippen LogP contribution in [0.15, 0.2) is 0 Å². The molecule has 0 aromatic heterocycles. The molecule has 0 spiro atoms. The van der Waals surface area contributed by atoms with E-state index in [9.17, 15) is 9.59 Å². The van der Waals surface area contributed by atoms with Gasteiger partial charge in [-0.15, -0.1) is 0 Å². The molecule has 1 N–H and O–H groups in total. The van der Waals surface area contributed by atoms with Crippen molar-refractivity contribution < 1.29 is 9.59 Å². The number of amides is 2. The third-order valence-corrected chi connectivity index (χ3v) is 1.16. The van der Waals surface area contributed by atoms with Crippen LogP contribution >= 0.6 is 0 Å². The first-order valence-corrected chi connectivity index (χ1v) is 3.37. The van der Waals surface area contributed by atoms with Crippen LogP contribution in [0.3, 0.4) is 0 Å². The van der Waals surface area contributed by atoms with E-state index in [1.165, 1.54) is 25.9 Å². The first-order valence-electron chi connectivity index (χ1n) is 3.37. The monoisotopic (exact) mass is 169 g/mol. The van der Waals surface area contributed by atoms with Gasteiger partial charge < -0.3 is 10.2 Å². The molecule has 0 aliphatic heterocycles. The molecule has 0 saturated heterocycles. The predicted molar refractivity (Wildman–Crippen MR) is 41.9 cm³/mol. The Hall–Kier alpha value is -1.57. The summed E-state index contributed by atoms with van der Waals surface area (Å²) in [4.78, 5) is 22.9. The van der Waals surface area contributed by atoms with E-state index in [4.69, 9.17) is 5.26 Å². The minimum atomic E-state index is -1.07. The van der Waals surface area contributed by atoms with E-state index in [1.54, 1.807) is 6.07 Å². The fourth-order valence-electron chi connectivity index (χ4n) is 0.611. The molecule has 1 atom stereocenters. The van der Waals surface area contributed by atoms with Gasteiger partial charge in [-0.3, -0.25) is 9.59 Å². The fourth-order valence-corrected chi connectivity index (χ4v) is 0.611. The summed E-state index contributed by atoms with van der Waals surface area (Å²) < 4.78 is 0. The van der Waals surface area contributed by atoms with Crippen LogP contribution in [0.2, 0.25) is 0 Å². The Kier molecular flexibility index (Phi) is 3.77. The molecule has 0 rings (SSSR count). The maximum absolute atomic E-state index is 11.1. The Balaban J connectivity index is 4.28. The summed E-state index contributed by atoms with van der Waals surface area (Å²) in [6.07, 6.45) is 0. The number of likely N-dealkylation sites (N-methyl/N-ethyl adjacent to an activating group) is 1. The van der Waals surface area contributed by atoms with Gasteiger partial charge in [0, 0.05) is 21.0 Å². The molecule has 1 unspecified atom stereocenters. The average molecular weight is 169 g/mol. The molecule has 66 valence electrons. The first-order chi connectivity index (χ1) is 5.49. The van der Waals surface area contributed by atoms with Crippen LogP contribution in [-0.2, 0) is 9.59 Å². The summed E-state index contributed by atoms with van der Waals surface area (Å²) in [6.45, 7) is 1.26. The lowest BCUT2D eigenvalue weighted by Gasteiger charge is -2.14. The maximum Gasteiger partial charge on any atom is 0.259 e.